The van der Waals surface area contributed by atoms with Gasteiger partial charge in [-0.2, -0.15) is 13.2 Å². The lowest BCUT2D eigenvalue weighted by Crippen LogP contribution is -2.42. The summed E-state index contributed by atoms with van der Waals surface area (Å²) >= 11 is 5.60. The van der Waals surface area contributed by atoms with Crippen LogP contribution >= 0.6 is 11.6 Å². The number of hydrogen-bond donors (Lipinski definition) is 1. The SMILES string of the molecule is O=C(Nc1ccc(Cl)c(C(F)(F)F)c1)C1CCN(S(=O)(=O)CCCc2ccccc2)CC1. The Morgan fingerprint density at radius 1 is 1.09 bits per heavy atom. The van der Waals surface area contributed by atoms with Gasteiger partial charge < -0.3 is 5.32 Å². The van der Waals surface area contributed by atoms with Crippen molar-refractivity contribution in [1.82, 2.24) is 4.31 Å². The summed E-state index contributed by atoms with van der Waals surface area (Å²) in [6.07, 6.45) is -2.84. The summed E-state index contributed by atoms with van der Waals surface area (Å²) in [6.45, 7) is 0.417. The van der Waals surface area contributed by atoms with Gasteiger partial charge in [0, 0.05) is 24.7 Å². The van der Waals surface area contributed by atoms with Gasteiger partial charge in [-0.25, -0.2) is 12.7 Å². The maximum Gasteiger partial charge on any atom is 0.417 e. The van der Waals surface area contributed by atoms with Crippen molar-refractivity contribution in [2.45, 2.75) is 31.9 Å². The van der Waals surface area contributed by atoms with Gasteiger partial charge in [0.1, 0.15) is 0 Å². The molecule has 1 aliphatic heterocycles. The van der Waals surface area contributed by atoms with Gasteiger partial charge in [-0.3, -0.25) is 4.79 Å². The molecule has 5 nitrogen and oxygen atoms in total. The summed E-state index contributed by atoms with van der Waals surface area (Å²) < 4.78 is 65.6. The van der Waals surface area contributed by atoms with Crippen LogP contribution in [-0.4, -0.2) is 37.5 Å². The van der Waals surface area contributed by atoms with E-state index in [2.05, 4.69) is 5.32 Å². The molecule has 174 valence electrons. The van der Waals surface area contributed by atoms with E-state index in [0.717, 1.165) is 17.7 Å². The molecule has 0 saturated carbocycles. The quantitative estimate of drug-likeness (QED) is 0.598. The van der Waals surface area contributed by atoms with Gasteiger partial charge in [0.05, 0.1) is 16.3 Å². The van der Waals surface area contributed by atoms with Crippen LogP contribution in [0.4, 0.5) is 18.9 Å². The van der Waals surface area contributed by atoms with Gasteiger partial charge in [0.15, 0.2) is 0 Å². The lowest BCUT2D eigenvalue weighted by molar-refractivity contribution is -0.137. The second kappa shape index (κ2) is 10.2. The molecule has 0 spiro atoms. The number of carbonyl (C=O) groups excluding carboxylic acids is 1. The van der Waals surface area contributed by atoms with Crippen LogP contribution in [0.15, 0.2) is 48.5 Å². The smallest absolute Gasteiger partial charge is 0.326 e. The molecule has 0 atom stereocenters. The predicted molar refractivity (Wildman–Crippen MR) is 118 cm³/mol. The Labute approximate surface area is 190 Å². The second-order valence-corrected chi connectivity index (χ2v) is 10.3. The molecule has 0 aromatic heterocycles. The van der Waals surface area contributed by atoms with Gasteiger partial charge in [0.2, 0.25) is 15.9 Å². The van der Waals surface area contributed by atoms with Crippen LogP contribution in [0.5, 0.6) is 0 Å². The Bertz CT molecular complexity index is 1040. The highest BCUT2D eigenvalue weighted by Crippen LogP contribution is 2.36. The monoisotopic (exact) mass is 488 g/mol. The van der Waals surface area contributed by atoms with E-state index in [1.54, 1.807) is 0 Å². The Balaban J connectivity index is 1.51. The minimum Gasteiger partial charge on any atom is -0.326 e. The number of amides is 1. The normalized spacial score (nSPS) is 16.1. The van der Waals surface area contributed by atoms with Crippen LogP contribution in [0.2, 0.25) is 5.02 Å². The topological polar surface area (TPSA) is 66.5 Å². The fraction of sp³-hybridized carbons (Fsp3) is 0.409. The van der Waals surface area contributed by atoms with E-state index >= 15 is 0 Å². The van der Waals surface area contributed by atoms with Crippen LogP contribution in [0.3, 0.4) is 0 Å². The molecule has 1 aliphatic rings. The molecule has 10 heteroatoms. The molecule has 1 fully saturated rings. The molecular formula is C22H24ClF3N2O3S. The highest BCUT2D eigenvalue weighted by atomic mass is 35.5. The third-order valence-corrected chi connectivity index (χ3v) is 7.75. The minimum atomic E-state index is -4.63. The molecule has 0 bridgehead atoms. The number of nitrogens with one attached hydrogen (secondary N) is 1. The Hall–Kier alpha value is -2.10. The second-order valence-electron chi connectivity index (χ2n) is 7.76. The number of anilines is 1. The molecule has 2 aromatic carbocycles. The fourth-order valence-corrected chi connectivity index (χ4v) is 5.45. The molecular weight excluding hydrogens is 465 g/mol. The average molecular weight is 489 g/mol. The van der Waals surface area contributed by atoms with Crippen LogP contribution in [0.1, 0.15) is 30.4 Å². The summed E-state index contributed by atoms with van der Waals surface area (Å²) in [6, 6.07) is 12.8. The third kappa shape index (κ3) is 6.46. The number of alkyl halides is 3. The number of hydrogen-bond acceptors (Lipinski definition) is 3. The Morgan fingerprint density at radius 2 is 1.75 bits per heavy atom. The van der Waals surface area contributed by atoms with Crippen LogP contribution in [0, 0.1) is 5.92 Å². The van der Waals surface area contributed by atoms with Crippen molar-refractivity contribution in [1.29, 1.82) is 0 Å². The zero-order chi connectivity index (χ0) is 23.4. The summed E-state index contributed by atoms with van der Waals surface area (Å²) in [5.74, 6) is -0.874. The molecule has 1 saturated heterocycles. The summed E-state index contributed by atoms with van der Waals surface area (Å²) in [7, 11) is -3.43. The van der Waals surface area contributed by atoms with E-state index in [-0.39, 0.29) is 24.5 Å². The van der Waals surface area contributed by atoms with Crippen LogP contribution in [0.25, 0.3) is 0 Å². The minimum absolute atomic E-state index is 0.00249. The van der Waals surface area contributed by atoms with Crippen molar-refractivity contribution in [3.8, 4) is 0 Å². The van der Waals surface area contributed by atoms with E-state index in [0.29, 0.717) is 25.7 Å². The first kappa shape index (κ1) is 24.5. The number of sulfonamides is 1. The first-order valence-electron chi connectivity index (χ1n) is 10.3. The summed E-state index contributed by atoms with van der Waals surface area (Å²) in [5, 5.41) is 2.05. The van der Waals surface area contributed by atoms with Crippen molar-refractivity contribution in [3.05, 3.63) is 64.7 Å². The Morgan fingerprint density at radius 3 is 2.38 bits per heavy atom. The molecule has 1 amide bonds. The number of aryl methyl sites for hydroxylation is 1. The molecule has 1 heterocycles. The van der Waals surface area contributed by atoms with Gasteiger partial charge in [0.25, 0.3) is 0 Å². The number of piperidine rings is 1. The molecule has 0 aliphatic carbocycles. The van der Waals surface area contributed by atoms with E-state index in [9.17, 15) is 26.4 Å². The molecule has 0 unspecified atom stereocenters. The zero-order valence-electron chi connectivity index (χ0n) is 17.2. The Kier molecular flexibility index (Phi) is 7.84. The molecule has 0 radical (unpaired) electrons. The highest BCUT2D eigenvalue weighted by Gasteiger charge is 2.34. The van der Waals surface area contributed by atoms with Crippen LogP contribution < -0.4 is 5.32 Å². The lowest BCUT2D eigenvalue weighted by Gasteiger charge is -2.30. The van der Waals surface area contributed by atoms with Crippen molar-refractivity contribution in [3.63, 3.8) is 0 Å². The summed E-state index contributed by atoms with van der Waals surface area (Å²) in [4.78, 5) is 12.5. The van der Waals surface area contributed by atoms with E-state index < -0.39 is 38.6 Å². The fourth-order valence-electron chi connectivity index (χ4n) is 3.69. The standard InChI is InChI=1S/C22H24ClF3N2O3S/c23-20-9-8-18(15-19(20)22(24,25)26)27-21(29)17-10-12-28(13-11-17)32(30,31)14-4-7-16-5-2-1-3-6-16/h1-3,5-6,8-9,15,17H,4,7,10-14H2,(H,27,29). The van der Waals surface area contributed by atoms with Gasteiger partial charge in [-0.15, -0.1) is 0 Å². The van der Waals surface area contributed by atoms with Crippen molar-refractivity contribution < 1.29 is 26.4 Å². The van der Waals surface area contributed by atoms with Crippen LogP contribution in [-0.2, 0) is 27.4 Å². The zero-order valence-corrected chi connectivity index (χ0v) is 18.8. The number of benzene rings is 2. The number of nitrogens with zero attached hydrogens (tertiary/aromatic N) is 1. The predicted octanol–water partition coefficient (Wildman–Crippen LogP) is 4.97. The number of rotatable bonds is 7. The maximum atomic E-state index is 13.0. The first-order chi connectivity index (χ1) is 15.1. The van der Waals surface area contributed by atoms with Crippen molar-refractivity contribution in [2.24, 2.45) is 5.92 Å². The number of halogens is 4. The first-order valence-corrected chi connectivity index (χ1v) is 12.2. The van der Waals surface area contributed by atoms with Crippen molar-refractivity contribution in [2.75, 3.05) is 24.2 Å². The molecule has 32 heavy (non-hydrogen) atoms. The van der Waals surface area contributed by atoms with Gasteiger partial charge >= 0.3 is 6.18 Å². The van der Waals surface area contributed by atoms with E-state index in [4.69, 9.17) is 11.6 Å². The van der Waals surface area contributed by atoms with Gasteiger partial charge in [-0.1, -0.05) is 41.9 Å². The molecule has 2 aromatic rings. The van der Waals surface area contributed by atoms with Crippen molar-refractivity contribution >= 4 is 33.2 Å². The van der Waals surface area contributed by atoms with E-state index in [1.807, 2.05) is 30.3 Å². The lowest BCUT2D eigenvalue weighted by atomic mass is 9.97. The number of carbonyl (C=O) groups is 1. The third-order valence-electron chi connectivity index (χ3n) is 5.47. The van der Waals surface area contributed by atoms with E-state index in [1.165, 1.54) is 10.4 Å². The highest BCUT2D eigenvalue weighted by molar-refractivity contribution is 7.89. The largest absolute Gasteiger partial charge is 0.417 e. The molecule has 3 rings (SSSR count). The van der Waals surface area contributed by atoms with Gasteiger partial charge in [-0.05, 0) is 49.4 Å². The average Bonchev–Trinajstić information content (AvgIpc) is 2.75. The summed E-state index contributed by atoms with van der Waals surface area (Å²) in [5.41, 5.74) is 0.0602. The maximum absolute atomic E-state index is 13.0. The molecule has 1 N–H and O–H groups in total.